The highest BCUT2D eigenvalue weighted by atomic mass is 32.1. The highest BCUT2D eigenvalue weighted by Gasteiger charge is 2.11. The van der Waals surface area contributed by atoms with Gasteiger partial charge in [0.2, 0.25) is 0 Å². The Morgan fingerprint density at radius 2 is 2.19 bits per heavy atom. The molecule has 1 unspecified atom stereocenters. The molecule has 16 heavy (non-hydrogen) atoms. The van der Waals surface area contributed by atoms with Gasteiger partial charge >= 0.3 is 0 Å². The molecule has 1 saturated heterocycles. The van der Waals surface area contributed by atoms with E-state index in [0.29, 0.717) is 0 Å². The maximum Gasteiger partial charge on any atom is 0.0941 e. The van der Waals surface area contributed by atoms with Gasteiger partial charge in [-0.3, -0.25) is 0 Å². The number of aromatic nitrogens is 1. The molecule has 1 N–H and O–H groups in total. The van der Waals surface area contributed by atoms with Crippen molar-refractivity contribution in [1.82, 2.24) is 9.88 Å². The molecule has 0 aliphatic carbocycles. The molecule has 0 aromatic carbocycles. The van der Waals surface area contributed by atoms with E-state index < -0.39 is 0 Å². The van der Waals surface area contributed by atoms with Crippen LogP contribution in [0.4, 0.5) is 0 Å². The van der Waals surface area contributed by atoms with Crippen LogP contribution in [0.2, 0.25) is 0 Å². The summed E-state index contributed by atoms with van der Waals surface area (Å²) in [5.41, 5.74) is 0. The molecular weight excluding hydrogens is 220 g/mol. The van der Waals surface area contributed by atoms with Crippen LogP contribution in [-0.2, 0) is 6.42 Å². The van der Waals surface area contributed by atoms with Crippen molar-refractivity contribution in [1.29, 1.82) is 0 Å². The molecule has 1 aromatic rings. The predicted molar refractivity (Wildman–Crippen MR) is 66.7 cm³/mol. The molecule has 3 nitrogen and oxygen atoms in total. The summed E-state index contributed by atoms with van der Waals surface area (Å²) in [5.74, 6) is 0. The number of aliphatic hydroxyl groups excluding tert-OH is 1. The number of piperidine rings is 1. The topological polar surface area (TPSA) is 36.4 Å². The Bertz CT molecular complexity index is 319. The average molecular weight is 240 g/mol. The molecule has 1 aliphatic rings. The summed E-state index contributed by atoms with van der Waals surface area (Å²) < 4.78 is 0. The van der Waals surface area contributed by atoms with Crippen LogP contribution in [0.15, 0.2) is 6.20 Å². The van der Waals surface area contributed by atoms with Crippen molar-refractivity contribution in [3.63, 3.8) is 0 Å². The van der Waals surface area contributed by atoms with Crippen LogP contribution in [0.5, 0.6) is 0 Å². The Morgan fingerprint density at radius 3 is 2.81 bits per heavy atom. The monoisotopic (exact) mass is 240 g/mol. The van der Waals surface area contributed by atoms with Crippen molar-refractivity contribution in [2.45, 2.75) is 38.7 Å². The highest BCUT2D eigenvalue weighted by Crippen LogP contribution is 2.21. The van der Waals surface area contributed by atoms with Gasteiger partial charge in [0.05, 0.1) is 16.0 Å². The normalized spacial score (nSPS) is 19.9. The smallest absolute Gasteiger partial charge is 0.0941 e. The molecule has 2 heterocycles. The third-order valence-corrected chi connectivity index (χ3v) is 4.30. The van der Waals surface area contributed by atoms with E-state index in [0.717, 1.165) is 22.9 Å². The largest absolute Gasteiger partial charge is 0.388 e. The first-order chi connectivity index (χ1) is 7.75. The zero-order valence-electron chi connectivity index (χ0n) is 9.85. The Kier molecular flexibility index (Phi) is 4.32. The van der Waals surface area contributed by atoms with Crippen LogP contribution in [-0.4, -0.2) is 34.6 Å². The van der Waals surface area contributed by atoms with Crippen molar-refractivity contribution < 1.29 is 5.11 Å². The van der Waals surface area contributed by atoms with Gasteiger partial charge in [-0.15, -0.1) is 11.3 Å². The van der Waals surface area contributed by atoms with Gasteiger partial charge < -0.3 is 10.0 Å². The SMILES string of the molecule is CC(O)c1cnc(CCN2CCCCC2)s1. The van der Waals surface area contributed by atoms with Gasteiger partial charge in [0.25, 0.3) is 0 Å². The first kappa shape index (κ1) is 12.0. The maximum atomic E-state index is 9.41. The molecule has 0 bridgehead atoms. The van der Waals surface area contributed by atoms with Gasteiger partial charge in [-0.25, -0.2) is 4.98 Å². The summed E-state index contributed by atoms with van der Waals surface area (Å²) in [7, 11) is 0. The number of aliphatic hydroxyl groups is 1. The second-order valence-corrected chi connectivity index (χ2v) is 5.63. The molecule has 2 rings (SSSR count). The van der Waals surface area contributed by atoms with Crippen LogP contribution >= 0.6 is 11.3 Å². The van der Waals surface area contributed by atoms with Crippen molar-refractivity contribution in [3.8, 4) is 0 Å². The van der Waals surface area contributed by atoms with Gasteiger partial charge in [-0.2, -0.15) is 0 Å². The molecule has 4 heteroatoms. The predicted octanol–water partition coefficient (Wildman–Crippen LogP) is 2.22. The van der Waals surface area contributed by atoms with E-state index >= 15 is 0 Å². The molecule has 0 amide bonds. The third kappa shape index (κ3) is 3.27. The zero-order chi connectivity index (χ0) is 11.4. The second-order valence-electron chi connectivity index (χ2n) is 4.48. The molecule has 1 atom stereocenters. The van der Waals surface area contributed by atoms with E-state index in [2.05, 4.69) is 9.88 Å². The average Bonchev–Trinajstić information content (AvgIpc) is 2.76. The van der Waals surface area contributed by atoms with Crippen molar-refractivity contribution in [2.24, 2.45) is 0 Å². The van der Waals surface area contributed by atoms with Gasteiger partial charge in [0, 0.05) is 19.2 Å². The number of hydrogen-bond donors (Lipinski definition) is 1. The number of hydrogen-bond acceptors (Lipinski definition) is 4. The fraction of sp³-hybridized carbons (Fsp3) is 0.750. The molecule has 0 radical (unpaired) electrons. The number of nitrogens with zero attached hydrogens (tertiary/aromatic N) is 2. The lowest BCUT2D eigenvalue weighted by molar-refractivity contribution is 0.203. The van der Waals surface area contributed by atoms with E-state index in [1.165, 1.54) is 32.4 Å². The molecule has 1 fully saturated rings. The molecule has 1 aromatic heterocycles. The number of thiazole rings is 1. The Labute approximate surface area is 101 Å². The van der Waals surface area contributed by atoms with E-state index in [9.17, 15) is 5.11 Å². The minimum Gasteiger partial charge on any atom is -0.388 e. The third-order valence-electron chi connectivity index (χ3n) is 3.07. The van der Waals surface area contributed by atoms with E-state index in [1.54, 1.807) is 24.5 Å². The summed E-state index contributed by atoms with van der Waals surface area (Å²) in [6, 6.07) is 0. The van der Waals surface area contributed by atoms with Crippen LogP contribution in [0.25, 0.3) is 0 Å². The van der Waals surface area contributed by atoms with Gasteiger partial charge in [0.15, 0.2) is 0 Å². The van der Waals surface area contributed by atoms with Crippen LogP contribution in [0, 0.1) is 0 Å². The zero-order valence-corrected chi connectivity index (χ0v) is 10.7. The first-order valence-corrected chi connectivity index (χ1v) is 6.92. The lowest BCUT2D eigenvalue weighted by Gasteiger charge is -2.25. The second kappa shape index (κ2) is 5.75. The molecule has 1 aliphatic heterocycles. The van der Waals surface area contributed by atoms with Crippen molar-refractivity contribution in [2.75, 3.05) is 19.6 Å². The fourth-order valence-corrected chi connectivity index (χ4v) is 2.92. The van der Waals surface area contributed by atoms with Gasteiger partial charge in [-0.05, 0) is 32.9 Å². The Balaban J connectivity index is 1.79. The molecule has 0 saturated carbocycles. The van der Waals surface area contributed by atoms with Gasteiger partial charge in [-0.1, -0.05) is 6.42 Å². The fourth-order valence-electron chi connectivity index (χ4n) is 2.07. The Morgan fingerprint density at radius 1 is 1.44 bits per heavy atom. The first-order valence-electron chi connectivity index (χ1n) is 6.11. The number of likely N-dealkylation sites (tertiary alicyclic amines) is 1. The lowest BCUT2D eigenvalue weighted by atomic mass is 10.1. The van der Waals surface area contributed by atoms with Crippen LogP contribution < -0.4 is 0 Å². The van der Waals surface area contributed by atoms with Crippen molar-refractivity contribution in [3.05, 3.63) is 16.1 Å². The van der Waals surface area contributed by atoms with E-state index in [4.69, 9.17) is 0 Å². The maximum absolute atomic E-state index is 9.41. The van der Waals surface area contributed by atoms with E-state index in [-0.39, 0.29) is 6.10 Å². The van der Waals surface area contributed by atoms with Crippen LogP contribution in [0.1, 0.15) is 42.2 Å². The summed E-state index contributed by atoms with van der Waals surface area (Å²) in [5, 5.41) is 10.6. The lowest BCUT2D eigenvalue weighted by Crippen LogP contribution is -2.31. The Hall–Kier alpha value is -0.450. The summed E-state index contributed by atoms with van der Waals surface area (Å²) in [6.07, 6.45) is 6.53. The minimum atomic E-state index is -0.374. The quantitative estimate of drug-likeness (QED) is 0.876. The van der Waals surface area contributed by atoms with Crippen LogP contribution in [0.3, 0.4) is 0 Å². The summed E-state index contributed by atoms with van der Waals surface area (Å²) in [6.45, 7) is 5.40. The molecular formula is C12H20N2OS. The van der Waals surface area contributed by atoms with Gasteiger partial charge in [0.1, 0.15) is 0 Å². The standard InChI is InChI=1S/C12H20N2OS/c1-10(15)11-9-13-12(16-11)5-8-14-6-3-2-4-7-14/h9-10,15H,2-8H2,1H3. The number of rotatable bonds is 4. The highest BCUT2D eigenvalue weighted by molar-refractivity contribution is 7.11. The summed E-state index contributed by atoms with van der Waals surface area (Å²) in [4.78, 5) is 7.85. The minimum absolute atomic E-state index is 0.374. The molecule has 0 spiro atoms. The summed E-state index contributed by atoms with van der Waals surface area (Å²) >= 11 is 1.64. The molecule has 90 valence electrons. The van der Waals surface area contributed by atoms with E-state index in [1.807, 2.05) is 0 Å². The van der Waals surface area contributed by atoms with Crippen molar-refractivity contribution >= 4 is 11.3 Å².